The van der Waals surface area contributed by atoms with Crippen LogP contribution in [0, 0.1) is 18.8 Å². The summed E-state index contributed by atoms with van der Waals surface area (Å²) in [5, 5.41) is 16.8. The molecule has 0 aliphatic heterocycles. The lowest BCUT2D eigenvalue weighted by Crippen LogP contribution is -2.11. The van der Waals surface area contributed by atoms with E-state index in [4.69, 9.17) is 10.2 Å². The van der Waals surface area contributed by atoms with Crippen molar-refractivity contribution in [2.24, 2.45) is 5.92 Å². The van der Waals surface area contributed by atoms with Crippen molar-refractivity contribution in [1.29, 1.82) is 0 Å². The molecule has 4 nitrogen and oxygen atoms in total. The first kappa shape index (κ1) is 16.6. The number of hydrogen-bond acceptors (Lipinski definition) is 4. The molecule has 0 heterocycles. The van der Waals surface area contributed by atoms with E-state index in [1.54, 1.807) is 6.92 Å². The predicted octanol–water partition coefficient (Wildman–Crippen LogP) is 1.81. The molecule has 0 aromatic carbocycles. The fraction of sp³-hybridized carbons (Fsp3) is 0.556. The summed E-state index contributed by atoms with van der Waals surface area (Å²) in [5.41, 5.74) is 0. The Bertz CT molecular complexity index is 215. The standard InChI is InChI=1S/C7H12O4S2.C2H2/c1-5(7(10)11)4-13-12-3-2-6(8)9;1-2/h5H,2-4H2,1H3,(H,8,9)(H,10,11);1-2H/t5-;/m1./s1. The first-order valence-corrected chi connectivity index (χ1v) is 6.55. The molecule has 0 aliphatic carbocycles. The summed E-state index contributed by atoms with van der Waals surface area (Å²) < 4.78 is 0. The molecule has 6 heteroatoms. The topological polar surface area (TPSA) is 74.6 Å². The van der Waals surface area contributed by atoms with Gasteiger partial charge in [-0.1, -0.05) is 28.5 Å². The number of terminal acetylenes is 1. The minimum Gasteiger partial charge on any atom is -0.481 e. The number of hydrogen-bond donors (Lipinski definition) is 2. The van der Waals surface area contributed by atoms with E-state index in [1.165, 1.54) is 21.6 Å². The second kappa shape index (κ2) is 11.3. The Balaban J connectivity index is 0. The zero-order chi connectivity index (χ0) is 12.3. The summed E-state index contributed by atoms with van der Waals surface area (Å²) in [6, 6.07) is 0. The second-order valence-electron chi connectivity index (χ2n) is 2.49. The Labute approximate surface area is 97.2 Å². The van der Waals surface area contributed by atoms with Crippen LogP contribution in [-0.2, 0) is 9.59 Å². The lowest BCUT2D eigenvalue weighted by molar-refractivity contribution is -0.140. The Hall–Kier alpha value is -0.800. The van der Waals surface area contributed by atoms with E-state index in [0.29, 0.717) is 11.5 Å². The number of carboxylic acids is 2. The van der Waals surface area contributed by atoms with Gasteiger partial charge in [0.1, 0.15) is 0 Å². The first-order valence-electron chi connectivity index (χ1n) is 4.06. The van der Waals surface area contributed by atoms with Crippen molar-refractivity contribution in [2.75, 3.05) is 11.5 Å². The fourth-order valence-corrected chi connectivity index (χ4v) is 2.73. The van der Waals surface area contributed by atoms with E-state index in [9.17, 15) is 9.59 Å². The maximum absolute atomic E-state index is 10.4. The van der Waals surface area contributed by atoms with Crippen molar-refractivity contribution < 1.29 is 19.8 Å². The van der Waals surface area contributed by atoms with Crippen molar-refractivity contribution in [2.45, 2.75) is 13.3 Å². The molecule has 0 saturated carbocycles. The van der Waals surface area contributed by atoms with Crippen LogP contribution >= 0.6 is 21.6 Å². The van der Waals surface area contributed by atoms with Gasteiger partial charge in [0.2, 0.25) is 0 Å². The molecule has 86 valence electrons. The van der Waals surface area contributed by atoms with Crippen molar-refractivity contribution in [3.63, 3.8) is 0 Å². The van der Waals surface area contributed by atoms with Crippen LogP contribution in [0.25, 0.3) is 0 Å². The number of aliphatic carboxylic acids is 2. The third kappa shape index (κ3) is 13.2. The minimum absolute atomic E-state index is 0.124. The Morgan fingerprint density at radius 2 is 1.80 bits per heavy atom. The molecule has 0 amide bonds. The summed E-state index contributed by atoms with van der Waals surface area (Å²) in [6.07, 6.45) is 8.12. The number of carboxylic acid groups (broad SMARTS) is 2. The van der Waals surface area contributed by atoms with Crippen molar-refractivity contribution >= 4 is 33.5 Å². The molecular formula is C9H14O4S2. The lowest BCUT2D eigenvalue weighted by Gasteiger charge is -2.03. The van der Waals surface area contributed by atoms with E-state index < -0.39 is 11.9 Å². The molecule has 0 aliphatic rings. The summed E-state index contributed by atoms with van der Waals surface area (Å²) in [7, 11) is 2.80. The maximum atomic E-state index is 10.4. The monoisotopic (exact) mass is 250 g/mol. The summed E-state index contributed by atoms with van der Waals surface area (Å²) in [4.78, 5) is 20.4. The highest BCUT2D eigenvalue weighted by atomic mass is 33.1. The molecule has 15 heavy (non-hydrogen) atoms. The average molecular weight is 250 g/mol. The van der Waals surface area contributed by atoms with Crippen LogP contribution in [0.2, 0.25) is 0 Å². The molecule has 0 saturated heterocycles. The first-order chi connectivity index (χ1) is 7.04. The van der Waals surface area contributed by atoms with Gasteiger partial charge in [0.15, 0.2) is 0 Å². The molecule has 0 aromatic rings. The van der Waals surface area contributed by atoms with E-state index in [2.05, 4.69) is 12.8 Å². The van der Waals surface area contributed by atoms with Gasteiger partial charge in [0.05, 0.1) is 12.3 Å². The number of rotatable bonds is 7. The van der Waals surface area contributed by atoms with Crippen molar-refractivity contribution in [3.8, 4) is 12.8 Å². The molecule has 0 rings (SSSR count). The SMILES string of the molecule is C#C.C[C@H](CSSCCC(=O)O)C(=O)O. The van der Waals surface area contributed by atoms with Gasteiger partial charge in [0.25, 0.3) is 0 Å². The van der Waals surface area contributed by atoms with Crippen LogP contribution in [0.15, 0.2) is 0 Å². The van der Waals surface area contributed by atoms with Crippen molar-refractivity contribution in [3.05, 3.63) is 0 Å². The smallest absolute Gasteiger partial charge is 0.307 e. The molecule has 0 radical (unpaired) electrons. The summed E-state index contributed by atoms with van der Waals surface area (Å²) >= 11 is 0. The van der Waals surface area contributed by atoms with E-state index in [1.807, 2.05) is 0 Å². The van der Waals surface area contributed by atoms with Crippen LogP contribution < -0.4 is 0 Å². The predicted molar refractivity (Wildman–Crippen MR) is 63.9 cm³/mol. The largest absolute Gasteiger partial charge is 0.481 e. The van der Waals surface area contributed by atoms with Gasteiger partial charge in [-0.25, -0.2) is 0 Å². The Morgan fingerprint density at radius 1 is 1.27 bits per heavy atom. The van der Waals surface area contributed by atoms with Gasteiger partial charge in [-0.15, -0.1) is 12.8 Å². The molecule has 0 aromatic heterocycles. The molecule has 2 N–H and O–H groups in total. The second-order valence-corrected chi connectivity index (χ2v) is 5.12. The fourth-order valence-electron chi connectivity index (χ4n) is 0.409. The van der Waals surface area contributed by atoms with Crippen LogP contribution in [0.4, 0.5) is 0 Å². The quantitative estimate of drug-likeness (QED) is 0.408. The number of carbonyl (C=O) groups is 2. The molecule has 0 fully saturated rings. The van der Waals surface area contributed by atoms with Gasteiger partial charge in [-0.3, -0.25) is 9.59 Å². The molecule has 0 spiro atoms. The summed E-state index contributed by atoms with van der Waals surface area (Å²) in [6.45, 7) is 1.63. The van der Waals surface area contributed by atoms with Gasteiger partial charge >= 0.3 is 11.9 Å². The van der Waals surface area contributed by atoms with Gasteiger partial charge in [-0.05, 0) is 0 Å². The van der Waals surface area contributed by atoms with Crippen molar-refractivity contribution in [1.82, 2.24) is 0 Å². The highest BCUT2D eigenvalue weighted by Crippen LogP contribution is 2.24. The van der Waals surface area contributed by atoms with E-state index >= 15 is 0 Å². The lowest BCUT2D eigenvalue weighted by atomic mass is 10.2. The van der Waals surface area contributed by atoms with Gasteiger partial charge < -0.3 is 10.2 Å². The van der Waals surface area contributed by atoms with Crippen LogP contribution in [-0.4, -0.2) is 33.7 Å². The third-order valence-corrected chi connectivity index (χ3v) is 3.80. The normalized spacial score (nSPS) is 10.9. The van der Waals surface area contributed by atoms with E-state index in [-0.39, 0.29) is 12.3 Å². The Kier molecular flexibility index (Phi) is 12.5. The van der Waals surface area contributed by atoms with Gasteiger partial charge in [0, 0.05) is 11.5 Å². The zero-order valence-electron chi connectivity index (χ0n) is 8.38. The highest BCUT2D eigenvalue weighted by Gasteiger charge is 2.10. The average Bonchev–Trinajstić information content (AvgIpc) is 2.19. The zero-order valence-corrected chi connectivity index (χ0v) is 10.0. The molecule has 1 atom stereocenters. The third-order valence-electron chi connectivity index (χ3n) is 1.22. The van der Waals surface area contributed by atoms with Crippen LogP contribution in [0.3, 0.4) is 0 Å². The highest BCUT2D eigenvalue weighted by molar-refractivity contribution is 8.76. The minimum atomic E-state index is -0.820. The molecular weight excluding hydrogens is 236 g/mol. The van der Waals surface area contributed by atoms with Crippen LogP contribution in [0.5, 0.6) is 0 Å². The Morgan fingerprint density at radius 3 is 2.20 bits per heavy atom. The maximum Gasteiger partial charge on any atom is 0.307 e. The molecule has 0 unspecified atom stereocenters. The van der Waals surface area contributed by atoms with Crippen LogP contribution in [0.1, 0.15) is 13.3 Å². The summed E-state index contributed by atoms with van der Waals surface area (Å²) in [5.74, 6) is -0.973. The molecule has 0 bridgehead atoms. The van der Waals surface area contributed by atoms with Gasteiger partial charge in [-0.2, -0.15) is 0 Å². The van der Waals surface area contributed by atoms with E-state index in [0.717, 1.165) is 0 Å².